The Balaban J connectivity index is 2.24. The SMILES string of the molecule is CCCCB1OB(C)OB(C)O1. The summed E-state index contributed by atoms with van der Waals surface area (Å²) in [5.41, 5.74) is 0. The first-order chi connectivity index (χ1) is 5.72. The van der Waals surface area contributed by atoms with Crippen LogP contribution in [-0.2, 0) is 13.7 Å². The summed E-state index contributed by atoms with van der Waals surface area (Å²) in [6.07, 6.45) is 3.28. The molecule has 12 heavy (non-hydrogen) atoms. The highest BCUT2D eigenvalue weighted by Crippen LogP contribution is 2.13. The average molecular weight is 168 g/mol. The zero-order chi connectivity index (χ0) is 8.97. The second kappa shape index (κ2) is 4.95. The maximum atomic E-state index is 5.41. The van der Waals surface area contributed by atoms with Gasteiger partial charge in [0, 0.05) is 0 Å². The Labute approximate surface area is 75.6 Å². The first-order valence-corrected chi connectivity index (χ1v) is 4.68. The molecule has 0 atom stereocenters. The van der Waals surface area contributed by atoms with Crippen molar-refractivity contribution >= 4 is 21.4 Å². The Morgan fingerprint density at radius 1 is 1.00 bits per heavy atom. The predicted molar refractivity (Wildman–Crippen MR) is 52.0 cm³/mol. The van der Waals surface area contributed by atoms with Crippen molar-refractivity contribution in [2.75, 3.05) is 0 Å². The monoisotopic (exact) mass is 168 g/mol. The molecule has 0 aromatic carbocycles. The van der Waals surface area contributed by atoms with Crippen molar-refractivity contribution in [2.24, 2.45) is 0 Å². The third-order valence-electron chi connectivity index (χ3n) is 1.86. The molecule has 1 fully saturated rings. The van der Waals surface area contributed by atoms with E-state index in [4.69, 9.17) is 13.7 Å². The first-order valence-electron chi connectivity index (χ1n) is 4.68. The van der Waals surface area contributed by atoms with E-state index in [-0.39, 0.29) is 21.4 Å². The van der Waals surface area contributed by atoms with Gasteiger partial charge in [0.05, 0.1) is 0 Å². The summed E-state index contributed by atoms with van der Waals surface area (Å²) < 4.78 is 16.1. The molecule has 0 N–H and O–H groups in total. The van der Waals surface area contributed by atoms with Gasteiger partial charge in [0.25, 0.3) is 0 Å². The van der Waals surface area contributed by atoms with Gasteiger partial charge in [-0.25, -0.2) is 0 Å². The minimum atomic E-state index is -0.129. The van der Waals surface area contributed by atoms with E-state index < -0.39 is 0 Å². The van der Waals surface area contributed by atoms with Crippen molar-refractivity contribution in [3.8, 4) is 0 Å². The molecule has 3 nitrogen and oxygen atoms in total. The van der Waals surface area contributed by atoms with Gasteiger partial charge in [-0.1, -0.05) is 19.8 Å². The molecule has 66 valence electrons. The number of unbranched alkanes of at least 4 members (excludes halogenated alkanes) is 1. The van der Waals surface area contributed by atoms with E-state index >= 15 is 0 Å². The normalized spacial score (nSPS) is 18.8. The van der Waals surface area contributed by atoms with Gasteiger partial charge in [-0.05, 0) is 20.0 Å². The molecule has 0 amide bonds. The molecule has 0 aliphatic carbocycles. The summed E-state index contributed by atoms with van der Waals surface area (Å²) in [4.78, 5) is 0. The zero-order valence-corrected chi connectivity index (χ0v) is 8.08. The van der Waals surface area contributed by atoms with Crippen LogP contribution in [0.5, 0.6) is 0 Å². The molecule has 0 saturated carbocycles. The lowest BCUT2D eigenvalue weighted by Gasteiger charge is -2.27. The van der Waals surface area contributed by atoms with Crippen LogP contribution in [0.25, 0.3) is 0 Å². The van der Waals surface area contributed by atoms with Crippen LogP contribution in [0.2, 0.25) is 20.0 Å². The molecule has 0 spiro atoms. The van der Waals surface area contributed by atoms with Crippen LogP contribution in [0, 0.1) is 0 Å². The number of hydrogen-bond donors (Lipinski definition) is 0. The third kappa shape index (κ3) is 3.21. The molecule has 0 unspecified atom stereocenters. The van der Waals surface area contributed by atoms with Crippen molar-refractivity contribution in [3.05, 3.63) is 0 Å². The second-order valence-corrected chi connectivity index (χ2v) is 3.12. The van der Waals surface area contributed by atoms with Crippen LogP contribution < -0.4 is 0 Å². The molecule has 0 aromatic rings. The minimum Gasteiger partial charge on any atom is -0.453 e. The molecular formula is C6H15B3O3. The van der Waals surface area contributed by atoms with E-state index in [1.165, 1.54) is 6.42 Å². The standard InChI is InChI=1S/C6H15B3O3/c1-4-5-6-9-11-7(2)10-8(3)12-9/h4-6H2,1-3H3. The van der Waals surface area contributed by atoms with Gasteiger partial charge in [-0.2, -0.15) is 0 Å². The highest BCUT2D eigenvalue weighted by molar-refractivity contribution is 6.72. The van der Waals surface area contributed by atoms with Crippen LogP contribution in [-0.4, -0.2) is 21.4 Å². The van der Waals surface area contributed by atoms with Gasteiger partial charge in [-0.3, -0.25) is 0 Å². The summed E-state index contributed by atoms with van der Waals surface area (Å²) in [5.74, 6) is 0. The van der Waals surface area contributed by atoms with E-state index in [1.54, 1.807) is 0 Å². The van der Waals surface area contributed by atoms with Gasteiger partial charge in [0.1, 0.15) is 0 Å². The largest absolute Gasteiger partial charge is 0.453 e. The fraction of sp³-hybridized carbons (Fsp3) is 1.00. The van der Waals surface area contributed by atoms with E-state index in [1.807, 2.05) is 13.6 Å². The fourth-order valence-corrected chi connectivity index (χ4v) is 1.30. The first kappa shape index (κ1) is 10.2. The Morgan fingerprint density at radius 2 is 1.58 bits per heavy atom. The summed E-state index contributed by atoms with van der Waals surface area (Å²) >= 11 is 0. The summed E-state index contributed by atoms with van der Waals surface area (Å²) in [6, 6.07) is 0. The lowest BCUT2D eigenvalue weighted by atomic mass is 9.69. The topological polar surface area (TPSA) is 27.7 Å². The average Bonchev–Trinajstić information content (AvgIpc) is 1.99. The van der Waals surface area contributed by atoms with Crippen molar-refractivity contribution in [1.82, 2.24) is 0 Å². The summed E-state index contributed by atoms with van der Waals surface area (Å²) in [5, 5.41) is 0. The molecule has 1 rings (SSSR count). The fourth-order valence-electron chi connectivity index (χ4n) is 1.30. The lowest BCUT2D eigenvalue weighted by Crippen LogP contribution is -2.46. The summed E-state index contributed by atoms with van der Waals surface area (Å²) in [6.45, 7) is 5.96. The van der Waals surface area contributed by atoms with Crippen LogP contribution in [0.3, 0.4) is 0 Å². The van der Waals surface area contributed by atoms with Gasteiger partial charge < -0.3 is 13.7 Å². The van der Waals surface area contributed by atoms with Crippen molar-refractivity contribution in [3.63, 3.8) is 0 Å². The highest BCUT2D eigenvalue weighted by atomic mass is 16.7. The molecule has 1 saturated heterocycles. The zero-order valence-electron chi connectivity index (χ0n) is 8.08. The Morgan fingerprint density at radius 3 is 2.08 bits per heavy atom. The van der Waals surface area contributed by atoms with Crippen LogP contribution in [0.1, 0.15) is 19.8 Å². The number of hydrogen-bond acceptors (Lipinski definition) is 3. The lowest BCUT2D eigenvalue weighted by molar-refractivity contribution is 0.288. The highest BCUT2D eigenvalue weighted by Gasteiger charge is 2.34. The number of rotatable bonds is 3. The molecule has 1 heterocycles. The van der Waals surface area contributed by atoms with E-state index in [0.29, 0.717) is 0 Å². The molecule has 1 aliphatic rings. The van der Waals surface area contributed by atoms with E-state index in [0.717, 1.165) is 12.7 Å². The van der Waals surface area contributed by atoms with Crippen molar-refractivity contribution in [1.29, 1.82) is 0 Å². The summed E-state index contributed by atoms with van der Waals surface area (Å²) in [7, 11) is -0.324. The van der Waals surface area contributed by atoms with Crippen LogP contribution >= 0.6 is 0 Å². The van der Waals surface area contributed by atoms with Crippen LogP contribution in [0.15, 0.2) is 0 Å². The van der Waals surface area contributed by atoms with Gasteiger partial charge in [0.15, 0.2) is 0 Å². The second-order valence-electron chi connectivity index (χ2n) is 3.12. The van der Waals surface area contributed by atoms with Crippen molar-refractivity contribution in [2.45, 2.75) is 39.7 Å². The molecule has 1 aliphatic heterocycles. The smallest absolute Gasteiger partial charge is 0.429 e. The Bertz CT molecular complexity index is 125. The van der Waals surface area contributed by atoms with Gasteiger partial charge in [0.2, 0.25) is 0 Å². The molecule has 0 aromatic heterocycles. The maximum absolute atomic E-state index is 5.41. The Hall–Kier alpha value is 0.0748. The molecular weight excluding hydrogens is 152 g/mol. The van der Waals surface area contributed by atoms with E-state index in [9.17, 15) is 0 Å². The molecule has 0 bridgehead atoms. The van der Waals surface area contributed by atoms with Gasteiger partial charge in [-0.15, -0.1) is 0 Å². The Kier molecular flexibility index (Phi) is 4.19. The van der Waals surface area contributed by atoms with E-state index in [2.05, 4.69) is 6.92 Å². The molecule has 0 radical (unpaired) electrons. The van der Waals surface area contributed by atoms with Gasteiger partial charge >= 0.3 is 21.4 Å². The third-order valence-corrected chi connectivity index (χ3v) is 1.86. The quantitative estimate of drug-likeness (QED) is 0.598. The maximum Gasteiger partial charge on any atom is 0.429 e. The molecule has 6 heteroatoms. The minimum absolute atomic E-state index is 0.0660. The van der Waals surface area contributed by atoms with Crippen molar-refractivity contribution < 1.29 is 13.7 Å². The predicted octanol–water partition coefficient (Wildman–Crippen LogP) is 1.57. The van der Waals surface area contributed by atoms with Crippen LogP contribution in [0.4, 0.5) is 0 Å².